The van der Waals surface area contributed by atoms with Crippen LogP contribution in [0.5, 0.6) is 5.75 Å². The number of anilines is 1. The average molecular weight is 330 g/mol. The fourth-order valence-electron chi connectivity index (χ4n) is 1.62. The maximum atomic E-state index is 12.4. The van der Waals surface area contributed by atoms with Gasteiger partial charge in [0, 0.05) is 10.7 Å². The number of halogens is 4. The van der Waals surface area contributed by atoms with Crippen LogP contribution < -0.4 is 10.1 Å². The van der Waals surface area contributed by atoms with Crippen molar-refractivity contribution in [1.29, 1.82) is 0 Å². The molecule has 0 aliphatic carbocycles. The smallest absolute Gasteiger partial charge is 0.416 e. The number of carbonyl (C=O) groups excluding carboxylic acids is 1. The highest BCUT2D eigenvalue weighted by atomic mass is 35.5. The summed E-state index contributed by atoms with van der Waals surface area (Å²) in [5.74, 6) is -0.249. The molecule has 22 heavy (non-hydrogen) atoms. The number of alkyl halides is 3. The first kappa shape index (κ1) is 16.2. The van der Waals surface area contributed by atoms with E-state index in [0.717, 1.165) is 12.1 Å². The van der Waals surface area contributed by atoms with Gasteiger partial charge >= 0.3 is 6.18 Å². The van der Waals surface area contributed by atoms with Crippen LogP contribution in [0.3, 0.4) is 0 Å². The van der Waals surface area contributed by atoms with Gasteiger partial charge in [0.1, 0.15) is 5.75 Å². The zero-order chi connectivity index (χ0) is 16.2. The summed E-state index contributed by atoms with van der Waals surface area (Å²) in [5.41, 5.74) is -0.226. The Labute approximate surface area is 129 Å². The summed E-state index contributed by atoms with van der Waals surface area (Å²) in [6, 6.07) is 10.6. The van der Waals surface area contributed by atoms with Gasteiger partial charge in [-0.05, 0) is 48.5 Å². The van der Waals surface area contributed by atoms with Gasteiger partial charge in [-0.2, -0.15) is 13.2 Å². The van der Waals surface area contributed by atoms with Crippen LogP contribution in [-0.4, -0.2) is 12.5 Å². The van der Waals surface area contributed by atoms with Crippen molar-refractivity contribution in [3.8, 4) is 5.75 Å². The van der Waals surface area contributed by atoms with Crippen LogP contribution in [0.15, 0.2) is 48.5 Å². The lowest BCUT2D eigenvalue weighted by Gasteiger charge is -2.09. The number of rotatable bonds is 4. The zero-order valence-corrected chi connectivity index (χ0v) is 11.9. The monoisotopic (exact) mass is 329 g/mol. The summed E-state index contributed by atoms with van der Waals surface area (Å²) in [4.78, 5) is 11.6. The third-order valence-corrected chi connectivity index (χ3v) is 2.93. The maximum absolute atomic E-state index is 12.4. The van der Waals surface area contributed by atoms with E-state index >= 15 is 0 Å². The summed E-state index contributed by atoms with van der Waals surface area (Å²) in [6.45, 7) is -0.312. The molecule has 2 aromatic carbocycles. The number of hydrogen-bond donors (Lipinski definition) is 1. The standard InChI is InChI=1S/C15H11ClF3NO2/c16-11-3-5-12(6-4-11)20-14(21)9-22-13-7-1-10(2-8-13)15(17,18)19/h1-8H,9H2,(H,20,21). The Balaban J connectivity index is 1.87. The van der Waals surface area contributed by atoms with E-state index in [9.17, 15) is 18.0 Å². The molecule has 0 aliphatic heterocycles. The summed E-state index contributed by atoms with van der Waals surface area (Å²) < 4.78 is 42.3. The van der Waals surface area contributed by atoms with Gasteiger partial charge in [-0.15, -0.1) is 0 Å². The van der Waals surface area contributed by atoms with Crippen molar-refractivity contribution >= 4 is 23.2 Å². The van der Waals surface area contributed by atoms with E-state index in [1.54, 1.807) is 24.3 Å². The summed E-state index contributed by atoms with van der Waals surface area (Å²) in [6.07, 6.45) is -4.40. The summed E-state index contributed by atoms with van der Waals surface area (Å²) in [7, 11) is 0. The Morgan fingerprint density at radius 1 is 1.05 bits per heavy atom. The van der Waals surface area contributed by atoms with E-state index in [4.69, 9.17) is 16.3 Å². The quantitative estimate of drug-likeness (QED) is 0.904. The highest BCUT2D eigenvalue weighted by Crippen LogP contribution is 2.30. The first-order chi connectivity index (χ1) is 10.3. The topological polar surface area (TPSA) is 38.3 Å². The van der Waals surface area contributed by atoms with E-state index in [-0.39, 0.29) is 12.4 Å². The van der Waals surface area contributed by atoms with E-state index in [1.165, 1.54) is 12.1 Å². The van der Waals surface area contributed by atoms with Crippen molar-refractivity contribution in [2.24, 2.45) is 0 Å². The molecule has 3 nitrogen and oxygen atoms in total. The molecule has 0 fully saturated rings. The molecule has 2 rings (SSSR count). The molecule has 0 saturated carbocycles. The molecule has 0 radical (unpaired) electrons. The third kappa shape index (κ3) is 4.66. The summed E-state index contributed by atoms with van der Waals surface area (Å²) in [5, 5.41) is 3.11. The Hall–Kier alpha value is -2.21. The minimum atomic E-state index is -4.40. The van der Waals surface area contributed by atoms with E-state index in [1.807, 2.05) is 0 Å². The van der Waals surface area contributed by atoms with Crippen LogP contribution in [0.4, 0.5) is 18.9 Å². The van der Waals surface area contributed by atoms with E-state index < -0.39 is 17.6 Å². The van der Waals surface area contributed by atoms with Gasteiger partial charge in [0.05, 0.1) is 5.56 Å². The molecule has 2 aromatic rings. The predicted molar refractivity (Wildman–Crippen MR) is 77.0 cm³/mol. The predicted octanol–water partition coefficient (Wildman–Crippen LogP) is 4.38. The number of nitrogens with one attached hydrogen (secondary N) is 1. The van der Waals surface area contributed by atoms with Crippen molar-refractivity contribution < 1.29 is 22.7 Å². The molecule has 0 bridgehead atoms. The molecule has 7 heteroatoms. The van der Waals surface area contributed by atoms with Crippen molar-refractivity contribution in [3.05, 3.63) is 59.1 Å². The highest BCUT2D eigenvalue weighted by molar-refractivity contribution is 6.30. The molecule has 0 aromatic heterocycles. The third-order valence-electron chi connectivity index (χ3n) is 2.68. The number of benzene rings is 2. The molecular weight excluding hydrogens is 319 g/mol. The minimum Gasteiger partial charge on any atom is -0.484 e. The van der Waals surface area contributed by atoms with Crippen molar-refractivity contribution in [2.75, 3.05) is 11.9 Å². The first-order valence-corrected chi connectivity index (χ1v) is 6.58. The molecule has 0 saturated heterocycles. The van der Waals surface area contributed by atoms with Crippen LogP contribution in [0.2, 0.25) is 5.02 Å². The van der Waals surface area contributed by atoms with Crippen LogP contribution in [0.1, 0.15) is 5.56 Å². The van der Waals surface area contributed by atoms with Gasteiger partial charge in [0.2, 0.25) is 0 Å². The Kier molecular flexibility index (Phi) is 4.92. The molecule has 1 N–H and O–H groups in total. The van der Waals surface area contributed by atoms with Gasteiger partial charge in [-0.3, -0.25) is 4.79 Å². The van der Waals surface area contributed by atoms with Crippen LogP contribution in [-0.2, 0) is 11.0 Å². The minimum absolute atomic E-state index is 0.180. The maximum Gasteiger partial charge on any atom is 0.416 e. The normalized spacial score (nSPS) is 11.1. The average Bonchev–Trinajstić information content (AvgIpc) is 2.47. The number of hydrogen-bond acceptors (Lipinski definition) is 2. The Bertz CT molecular complexity index is 639. The molecule has 116 valence electrons. The fraction of sp³-hybridized carbons (Fsp3) is 0.133. The highest BCUT2D eigenvalue weighted by Gasteiger charge is 2.30. The van der Waals surface area contributed by atoms with Gasteiger partial charge in [-0.25, -0.2) is 0 Å². The van der Waals surface area contributed by atoms with Crippen LogP contribution >= 0.6 is 11.6 Å². The molecular formula is C15H11ClF3NO2. The first-order valence-electron chi connectivity index (χ1n) is 6.20. The molecule has 0 spiro atoms. The zero-order valence-electron chi connectivity index (χ0n) is 11.2. The van der Waals surface area contributed by atoms with Gasteiger partial charge < -0.3 is 10.1 Å². The van der Waals surface area contributed by atoms with E-state index in [0.29, 0.717) is 10.7 Å². The van der Waals surface area contributed by atoms with Crippen LogP contribution in [0.25, 0.3) is 0 Å². The van der Waals surface area contributed by atoms with Gasteiger partial charge in [-0.1, -0.05) is 11.6 Å². The molecule has 1 amide bonds. The lowest BCUT2D eigenvalue weighted by Crippen LogP contribution is -2.20. The number of carbonyl (C=O) groups is 1. The lowest BCUT2D eigenvalue weighted by atomic mass is 10.2. The van der Waals surface area contributed by atoms with Crippen LogP contribution in [0, 0.1) is 0 Å². The van der Waals surface area contributed by atoms with Crippen molar-refractivity contribution in [3.63, 3.8) is 0 Å². The van der Waals surface area contributed by atoms with Crippen molar-refractivity contribution in [1.82, 2.24) is 0 Å². The Morgan fingerprint density at radius 3 is 2.18 bits per heavy atom. The van der Waals surface area contributed by atoms with Gasteiger partial charge in [0.25, 0.3) is 5.91 Å². The summed E-state index contributed by atoms with van der Waals surface area (Å²) >= 11 is 5.72. The number of amides is 1. The SMILES string of the molecule is O=C(COc1ccc(C(F)(F)F)cc1)Nc1ccc(Cl)cc1. The largest absolute Gasteiger partial charge is 0.484 e. The van der Waals surface area contributed by atoms with E-state index in [2.05, 4.69) is 5.32 Å². The van der Waals surface area contributed by atoms with Crippen molar-refractivity contribution in [2.45, 2.75) is 6.18 Å². The second-order valence-corrected chi connectivity index (χ2v) is 4.80. The second kappa shape index (κ2) is 6.70. The lowest BCUT2D eigenvalue weighted by molar-refractivity contribution is -0.137. The second-order valence-electron chi connectivity index (χ2n) is 4.37. The molecule has 0 aliphatic rings. The molecule has 0 atom stereocenters. The molecule has 0 unspecified atom stereocenters. The van der Waals surface area contributed by atoms with Gasteiger partial charge in [0.15, 0.2) is 6.61 Å². The number of ether oxygens (including phenoxy) is 1. The Morgan fingerprint density at radius 2 is 1.64 bits per heavy atom. The molecule has 0 heterocycles. The fourth-order valence-corrected chi connectivity index (χ4v) is 1.75.